The van der Waals surface area contributed by atoms with E-state index in [9.17, 15) is 4.79 Å². The quantitative estimate of drug-likeness (QED) is 0.946. The SMILES string of the molecule is CN(C[C@@H]1CCOc2c(-c3cnn(C)c3)cccc21)C(=O)O. The maximum Gasteiger partial charge on any atom is 0.407 e. The number of aryl methyl sites for hydroxylation is 1. The van der Waals surface area contributed by atoms with Crippen molar-refractivity contribution in [1.29, 1.82) is 0 Å². The number of ether oxygens (including phenoxy) is 1. The van der Waals surface area contributed by atoms with Gasteiger partial charge in [-0.15, -0.1) is 0 Å². The van der Waals surface area contributed by atoms with Crippen LogP contribution >= 0.6 is 0 Å². The van der Waals surface area contributed by atoms with Crippen LogP contribution in [-0.2, 0) is 7.05 Å². The molecule has 1 aliphatic heterocycles. The van der Waals surface area contributed by atoms with Crippen LogP contribution in [0.15, 0.2) is 30.6 Å². The summed E-state index contributed by atoms with van der Waals surface area (Å²) < 4.78 is 7.64. The van der Waals surface area contributed by atoms with E-state index in [0.717, 1.165) is 28.9 Å². The number of aromatic nitrogens is 2. The highest BCUT2D eigenvalue weighted by Crippen LogP contribution is 2.41. The monoisotopic (exact) mass is 301 g/mol. The van der Waals surface area contributed by atoms with Gasteiger partial charge in [-0.3, -0.25) is 4.68 Å². The van der Waals surface area contributed by atoms with Crippen LogP contribution in [0, 0.1) is 0 Å². The van der Waals surface area contributed by atoms with E-state index >= 15 is 0 Å². The van der Waals surface area contributed by atoms with Gasteiger partial charge in [-0.05, 0) is 12.0 Å². The molecule has 2 heterocycles. The van der Waals surface area contributed by atoms with Gasteiger partial charge in [-0.25, -0.2) is 4.79 Å². The molecule has 1 aromatic heterocycles. The first-order valence-electron chi connectivity index (χ1n) is 7.25. The van der Waals surface area contributed by atoms with Gasteiger partial charge < -0.3 is 14.7 Å². The third-order valence-electron chi connectivity index (χ3n) is 4.03. The maximum absolute atomic E-state index is 11.1. The minimum absolute atomic E-state index is 0.154. The first-order chi connectivity index (χ1) is 10.6. The van der Waals surface area contributed by atoms with Gasteiger partial charge in [-0.1, -0.05) is 18.2 Å². The Hall–Kier alpha value is -2.50. The number of nitrogens with zero attached hydrogens (tertiary/aromatic N) is 3. The average molecular weight is 301 g/mol. The van der Waals surface area contributed by atoms with Gasteiger partial charge in [0, 0.05) is 43.9 Å². The molecular formula is C16H19N3O3. The van der Waals surface area contributed by atoms with Crippen molar-refractivity contribution < 1.29 is 14.6 Å². The number of benzene rings is 1. The summed E-state index contributed by atoms with van der Waals surface area (Å²) in [6.45, 7) is 1.07. The normalized spacial score (nSPS) is 16.7. The number of rotatable bonds is 3. The van der Waals surface area contributed by atoms with E-state index < -0.39 is 6.09 Å². The zero-order chi connectivity index (χ0) is 15.7. The summed E-state index contributed by atoms with van der Waals surface area (Å²) in [5, 5.41) is 13.3. The van der Waals surface area contributed by atoms with E-state index in [0.29, 0.717) is 13.2 Å². The average Bonchev–Trinajstić information content (AvgIpc) is 2.93. The smallest absolute Gasteiger partial charge is 0.407 e. The van der Waals surface area contributed by atoms with Crippen molar-refractivity contribution in [2.75, 3.05) is 20.2 Å². The van der Waals surface area contributed by atoms with Gasteiger partial charge in [-0.2, -0.15) is 5.10 Å². The number of hydrogen-bond donors (Lipinski definition) is 1. The zero-order valence-electron chi connectivity index (χ0n) is 12.7. The van der Waals surface area contributed by atoms with Crippen LogP contribution in [0.3, 0.4) is 0 Å². The molecule has 1 atom stereocenters. The standard InChI is InChI=1S/C16H19N3O3/c1-18(16(20)21)9-11-6-7-22-15-13(11)4-3-5-14(15)12-8-17-19(2)10-12/h3-5,8,10-11H,6-7,9H2,1-2H3,(H,20,21)/t11-/m0/s1. The number of carboxylic acid groups (broad SMARTS) is 1. The van der Waals surface area contributed by atoms with Crippen molar-refractivity contribution in [3.05, 3.63) is 36.2 Å². The topological polar surface area (TPSA) is 67.6 Å². The van der Waals surface area contributed by atoms with Crippen molar-refractivity contribution in [1.82, 2.24) is 14.7 Å². The minimum atomic E-state index is -0.906. The summed E-state index contributed by atoms with van der Waals surface area (Å²) >= 11 is 0. The predicted octanol–water partition coefficient (Wildman–Crippen LogP) is 2.56. The van der Waals surface area contributed by atoms with Gasteiger partial charge >= 0.3 is 6.09 Å². The molecule has 0 aliphatic carbocycles. The molecule has 0 saturated heterocycles. The summed E-state index contributed by atoms with van der Waals surface area (Å²) in [4.78, 5) is 12.4. The number of carbonyl (C=O) groups is 1. The lowest BCUT2D eigenvalue weighted by atomic mass is 9.90. The molecule has 1 aromatic carbocycles. The summed E-state index contributed by atoms with van der Waals surface area (Å²) in [7, 11) is 3.48. The van der Waals surface area contributed by atoms with E-state index in [-0.39, 0.29) is 5.92 Å². The van der Waals surface area contributed by atoms with Gasteiger partial charge in [0.2, 0.25) is 0 Å². The van der Waals surface area contributed by atoms with E-state index in [1.54, 1.807) is 11.7 Å². The van der Waals surface area contributed by atoms with Crippen LogP contribution < -0.4 is 4.74 Å². The summed E-state index contributed by atoms with van der Waals surface area (Å²) in [5.41, 5.74) is 3.08. The van der Waals surface area contributed by atoms with Gasteiger partial charge in [0.15, 0.2) is 0 Å². The second-order valence-corrected chi connectivity index (χ2v) is 5.62. The van der Waals surface area contributed by atoms with Crippen LogP contribution in [0.5, 0.6) is 5.75 Å². The first-order valence-corrected chi connectivity index (χ1v) is 7.25. The molecule has 0 unspecified atom stereocenters. The predicted molar refractivity (Wildman–Crippen MR) is 82.2 cm³/mol. The molecule has 22 heavy (non-hydrogen) atoms. The van der Waals surface area contributed by atoms with Crippen LogP contribution in [0.1, 0.15) is 17.9 Å². The lowest BCUT2D eigenvalue weighted by Gasteiger charge is -2.29. The number of likely N-dealkylation sites (N-methyl/N-ethyl adjacent to an activating group) is 1. The first kappa shape index (κ1) is 14.4. The van der Waals surface area contributed by atoms with Gasteiger partial charge in [0.05, 0.1) is 12.8 Å². The van der Waals surface area contributed by atoms with E-state index in [1.807, 2.05) is 37.6 Å². The summed E-state index contributed by atoms with van der Waals surface area (Å²) in [6, 6.07) is 6.03. The zero-order valence-corrected chi connectivity index (χ0v) is 12.7. The lowest BCUT2D eigenvalue weighted by molar-refractivity contribution is 0.149. The lowest BCUT2D eigenvalue weighted by Crippen LogP contribution is -2.31. The van der Waals surface area contributed by atoms with Crippen LogP contribution in [-0.4, -0.2) is 46.1 Å². The molecule has 6 heteroatoms. The second kappa shape index (κ2) is 5.71. The maximum atomic E-state index is 11.1. The Labute approximate surface area is 128 Å². The molecule has 0 spiro atoms. The molecule has 3 rings (SSSR count). The fourth-order valence-electron chi connectivity index (χ4n) is 2.88. The highest BCUT2D eigenvalue weighted by atomic mass is 16.5. The number of para-hydroxylation sites is 1. The van der Waals surface area contributed by atoms with Crippen molar-refractivity contribution in [3.63, 3.8) is 0 Å². The molecule has 1 N–H and O–H groups in total. The van der Waals surface area contributed by atoms with E-state index in [2.05, 4.69) is 5.10 Å². The number of hydrogen-bond acceptors (Lipinski definition) is 3. The molecule has 0 fully saturated rings. The van der Waals surface area contributed by atoms with Crippen LogP contribution in [0.4, 0.5) is 4.79 Å². The Bertz CT molecular complexity index is 696. The number of fused-ring (bicyclic) bond motifs is 1. The van der Waals surface area contributed by atoms with Crippen molar-refractivity contribution >= 4 is 6.09 Å². The summed E-state index contributed by atoms with van der Waals surface area (Å²) in [6.07, 6.45) is 3.68. The third-order valence-corrected chi connectivity index (χ3v) is 4.03. The fraction of sp³-hybridized carbons (Fsp3) is 0.375. The largest absolute Gasteiger partial charge is 0.493 e. The van der Waals surface area contributed by atoms with Crippen LogP contribution in [0.25, 0.3) is 11.1 Å². The van der Waals surface area contributed by atoms with E-state index in [1.165, 1.54) is 4.90 Å². The van der Waals surface area contributed by atoms with Crippen molar-refractivity contribution in [2.24, 2.45) is 7.05 Å². The van der Waals surface area contributed by atoms with Crippen molar-refractivity contribution in [2.45, 2.75) is 12.3 Å². The van der Waals surface area contributed by atoms with E-state index in [4.69, 9.17) is 9.84 Å². The highest BCUT2D eigenvalue weighted by Gasteiger charge is 2.26. The van der Waals surface area contributed by atoms with Crippen molar-refractivity contribution in [3.8, 4) is 16.9 Å². The molecule has 2 aromatic rings. The Morgan fingerprint density at radius 2 is 2.36 bits per heavy atom. The molecule has 116 valence electrons. The molecular weight excluding hydrogens is 282 g/mol. The number of amides is 1. The molecule has 1 amide bonds. The van der Waals surface area contributed by atoms with Gasteiger partial charge in [0.25, 0.3) is 0 Å². The molecule has 6 nitrogen and oxygen atoms in total. The highest BCUT2D eigenvalue weighted by molar-refractivity contribution is 5.72. The fourth-order valence-corrected chi connectivity index (χ4v) is 2.88. The van der Waals surface area contributed by atoms with Gasteiger partial charge in [0.1, 0.15) is 5.75 Å². The minimum Gasteiger partial charge on any atom is -0.493 e. The molecule has 0 saturated carbocycles. The third kappa shape index (κ3) is 2.64. The van der Waals surface area contributed by atoms with Crippen LogP contribution in [0.2, 0.25) is 0 Å². The second-order valence-electron chi connectivity index (χ2n) is 5.62. The molecule has 1 aliphatic rings. The Balaban J connectivity index is 1.96. The Morgan fingerprint density at radius 3 is 3.05 bits per heavy atom. The molecule has 0 bridgehead atoms. The summed E-state index contributed by atoms with van der Waals surface area (Å²) in [5.74, 6) is 1.01. The Morgan fingerprint density at radius 1 is 1.55 bits per heavy atom. The molecule has 0 radical (unpaired) electrons. The Kier molecular flexibility index (Phi) is 3.75.